The van der Waals surface area contributed by atoms with E-state index in [2.05, 4.69) is 58.4 Å². The van der Waals surface area contributed by atoms with E-state index >= 15 is 0 Å². The lowest BCUT2D eigenvalue weighted by Crippen LogP contribution is -2.44. The van der Waals surface area contributed by atoms with Gasteiger partial charge >= 0.3 is 0 Å². The van der Waals surface area contributed by atoms with Gasteiger partial charge in [0.15, 0.2) is 0 Å². The molecule has 0 aliphatic carbocycles. The second kappa shape index (κ2) is 9.77. The number of anilines is 2. The summed E-state index contributed by atoms with van der Waals surface area (Å²) in [6, 6.07) is 6.07. The molecule has 200 valence electrons. The summed E-state index contributed by atoms with van der Waals surface area (Å²) in [5.74, 6) is -0.0359. The number of carbonyl (C=O) groups is 1. The largest absolute Gasteiger partial charge is 0.367 e. The number of rotatable bonds is 5. The molecule has 1 fully saturated rings. The van der Waals surface area contributed by atoms with Crippen LogP contribution in [0, 0.1) is 5.41 Å². The first-order chi connectivity index (χ1) is 18.7. The maximum atomic E-state index is 12.5. The van der Waals surface area contributed by atoms with Gasteiger partial charge in [0.1, 0.15) is 5.69 Å². The second-order valence-corrected chi connectivity index (χ2v) is 11.5. The standard InChI is InChI=1S/C29H33N9O/c1-29(2,3)12-27(39)33-19-9-18(13-30-14-19)22-11-21-25(16-32-22)35-36-28(21)23-10-20-24(34-23)15-31-17-26(20)38-7-5-37(4)6-8-38/h9-11,13-17,34H,5-8,12H2,1-4H3,(H,33,39)(H,35,36). The fraction of sp³-hybridized carbons (Fsp3) is 0.345. The summed E-state index contributed by atoms with van der Waals surface area (Å²) in [6.07, 6.45) is 9.44. The van der Waals surface area contributed by atoms with Gasteiger partial charge in [-0.2, -0.15) is 5.10 Å². The van der Waals surface area contributed by atoms with Gasteiger partial charge in [0.25, 0.3) is 0 Å². The molecule has 0 saturated carbocycles. The van der Waals surface area contributed by atoms with Gasteiger partial charge in [0.2, 0.25) is 5.91 Å². The summed E-state index contributed by atoms with van der Waals surface area (Å²) in [5.41, 5.74) is 6.81. The number of fused-ring (bicyclic) bond motifs is 2. The van der Waals surface area contributed by atoms with Crippen LogP contribution in [0.15, 0.2) is 49.2 Å². The van der Waals surface area contributed by atoms with Crippen molar-refractivity contribution in [1.29, 1.82) is 0 Å². The first-order valence-corrected chi connectivity index (χ1v) is 13.2. The molecule has 0 radical (unpaired) electrons. The van der Waals surface area contributed by atoms with Crippen LogP contribution < -0.4 is 10.2 Å². The quantitative estimate of drug-likeness (QED) is 0.306. The summed E-state index contributed by atoms with van der Waals surface area (Å²) in [7, 11) is 2.16. The lowest BCUT2D eigenvalue weighted by Gasteiger charge is -2.34. The predicted octanol–water partition coefficient (Wildman–Crippen LogP) is 4.69. The van der Waals surface area contributed by atoms with Gasteiger partial charge in [-0.1, -0.05) is 20.8 Å². The van der Waals surface area contributed by atoms with E-state index < -0.39 is 0 Å². The third kappa shape index (κ3) is 5.20. The molecule has 10 nitrogen and oxygen atoms in total. The summed E-state index contributed by atoms with van der Waals surface area (Å²) in [4.78, 5) is 34.2. The molecule has 39 heavy (non-hydrogen) atoms. The highest BCUT2D eigenvalue weighted by atomic mass is 16.1. The van der Waals surface area contributed by atoms with Crippen molar-refractivity contribution in [3.63, 3.8) is 0 Å². The topological polar surface area (TPSA) is 119 Å². The highest BCUT2D eigenvalue weighted by molar-refractivity contribution is 6.00. The van der Waals surface area contributed by atoms with Gasteiger partial charge in [-0.15, -0.1) is 0 Å². The number of likely N-dealkylation sites (N-methyl/N-ethyl adjacent to an activating group) is 1. The number of amides is 1. The Morgan fingerprint density at radius 2 is 1.74 bits per heavy atom. The molecule has 10 heteroatoms. The molecule has 1 aliphatic rings. The van der Waals surface area contributed by atoms with Crippen molar-refractivity contribution in [1.82, 2.24) is 35.0 Å². The number of aromatic amines is 2. The zero-order chi connectivity index (χ0) is 27.1. The van der Waals surface area contributed by atoms with Crippen LogP contribution in [-0.4, -0.2) is 74.2 Å². The van der Waals surface area contributed by atoms with E-state index in [1.807, 2.05) is 45.3 Å². The van der Waals surface area contributed by atoms with Crippen molar-refractivity contribution in [2.75, 3.05) is 43.4 Å². The monoisotopic (exact) mass is 523 g/mol. The van der Waals surface area contributed by atoms with Gasteiger partial charge in [-0.3, -0.25) is 24.8 Å². The first-order valence-electron chi connectivity index (χ1n) is 13.2. The minimum absolute atomic E-state index is 0.0359. The molecule has 0 bridgehead atoms. The molecule has 0 spiro atoms. The van der Waals surface area contributed by atoms with E-state index in [-0.39, 0.29) is 11.3 Å². The van der Waals surface area contributed by atoms with Crippen LogP contribution in [0.3, 0.4) is 0 Å². The SMILES string of the molecule is CN1CCN(c2cncc3[nH]c(-c4n[nH]c5cnc(-c6cncc(NC(=O)CC(C)(C)C)c6)cc45)cc23)CC1. The lowest BCUT2D eigenvalue weighted by atomic mass is 9.92. The number of hydrogen-bond donors (Lipinski definition) is 3. The summed E-state index contributed by atoms with van der Waals surface area (Å²) in [6.45, 7) is 10.1. The Hall–Kier alpha value is -4.31. The molecule has 0 unspecified atom stereocenters. The van der Waals surface area contributed by atoms with Crippen LogP contribution in [0.1, 0.15) is 27.2 Å². The van der Waals surface area contributed by atoms with Crippen molar-refractivity contribution in [2.45, 2.75) is 27.2 Å². The lowest BCUT2D eigenvalue weighted by molar-refractivity contribution is -0.117. The molecule has 5 aromatic rings. The molecule has 0 aromatic carbocycles. The van der Waals surface area contributed by atoms with E-state index in [9.17, 15) is 4.79 Å². The molecule has 1 amide bonds. The predicted molar refractivity (Wildman–Crippen MR) is 155 cm³/mol. The number of aromatic nitrogens is 6. The minimum atomic E-state index is -0.0939. The summed E-state index contributed by atoms with van der Waals surface area (Å²) < 4.78 is 0. The average molecular weight is 524 g/mol. The van der Waals surface area contributed by atoms with E-state index in [0.29, 0.717) is 12.1 Å². The summed E-state index contributed by atoms with van der Waals surface area (Å²) >= 11 is 0. The van der Waals surface area contributed by atoms with Crippen molar-refractivity contribution >= 4 is 39.1 Å². The van der Waals surface area contributed by atoms with E-state index in [0.717, 1.165) is 76.3 Å². The Bertz CT molecular complexity index is 1650. The van der Waals surface area contributed by atoms with Crippen LogP contribution in [0.5, 0.6) is 0 Å². The molecule has 3 N–H and O–H groups in total. The third-order valence-electron chi connectivity index (χ3n) is 7.08. The van der Waals surface area contributed by atoms with Crippen molar-refractivity contribution in [3.8, 4) is 22.6 Å². The van der Waals surface area contributed by atoms with E-state index in [1.54, 1.807) is 18.6 Å². The number of carbonyl (C=O) groups excluding carboxylic acids is 1. The highest BCUT2D eigenvalue weighted by Crippen LogP contribution is 2.34. The van der Waals surface area contributed by atoms with Crippen LogP contribution in [0.2, 0.25) is 0 Å². The van der Waals surface area contributed by atoms with E-state index in [1.165, 1.54) is 0 Å². The van der Waals surface area contributed by atoms with E-state index in [4.69, 9.17) is 0 Å². The smallest absolute Gasteiger partial charge is 0.224 e. The van der Waals surface area contributed by atoms with Crippen LogP contribution in [-0.2, 0) is 4.79 Å². The van der Waals surface area contributed by atoms with Gasteiger partial charge < -0.3 is 20.1 Å². The Kier molecular flexibility index (Phi) is 6.26. The third-order valence-corrected chi connectivity index (χ3v) is 7.08. The number of pyridine rings is 3. The minimum Gasteiger partial charge on any atom is -0.367 e. The number of nitrogens with zero attached hydrogens (tertiary/aromatic N) is 6. The fourth-order valence-electron chi connectivity index (χ4n) is 5.08. The zero-order valence-corrected chi connectivity index (χ0v) is 22.7. The maximum absolute atomic E-state index is 12.5. The first kappa shape index (κ1) is 25.0. The second-order valence-electron chi connectivity index (χ2n) is 11.5. The number of hydrogen-bond acceptors (Lipinski definition) is 7. The normalized spacial score (nSPS) is 14.8. The fourth-order valence-corrected chi connectivity index (χ4v) is 5.08. The van der Waals surface area contributed by atoms with Gasteiger partial charge in [-0.25, -0.2) is 0 Å². The maximum Gasteiger partial charge on any atom is 0.224 e. The van der Waals surface area contributed by atoms with Gasteiger partial charge in [-0.05, 0) is 30.7 Å². The van der Waals surface area contributed by atoms with Crippen molar-refractivity contribution in [2.24, 2.45) is 5.41 Å². The Morgan fingerprint density at radius 3 is 2.54 bits per heavy atom. The molecule has 6 rings (SSSR count). The zero-order valence-electron chi connectivity index (χ0n) is 22.7. The Labute approximate surface area is 226 Å². The van der Waals surface area contributed by atoms with Crippen LogP contribution in [0.25, 0.3) is 44.5 Å². The molecule has 1 aliphatic heterocycles. The number of nitrogens with one attached hydrogen (secondary N) is 3. The van der Waals surface area contributed by atoms with Crippen LogP contribution in [0.4, 0.5) is 11.4 Å². The number of H-pyrrole nitrogens is 2. The van der Waals surface area contributed by atoms with Crippen molar-refractivity contribution < 1.29 is 4.79 Å². The van der Waals surface area contributed by atoms with Crippen molar-refractivity contribution in [3.05, 3.63) is 49.2 Å². The number of piperazine rings is 1. The highest BCUT2D eigenvalue weighted by Gasteiger charge is 2.20. The molecule has 0 atom stereocenters. The average Bonchev–Trinajstić information content (AvgIpc) is 3.52. The van der Waals surface area contributed by atoms with Gasteiger partial charge in [0, 0.05) is 55.1 Å². The molecule has 5 aromatic heterocycles. The van der Waals surface area contributed by atoms with Crippen LogP contribution >= 0.6 is 0 Å². The van der Waals surface area contributed by atoms with Gasteiger partial charge in [0.05, 0.1) is 58.6 Å². The summed E-state index contributed by atoms with van der Waals surface area (Å²) in [5, 5.41) is 12.8. The molecular weight excluding hydrogens is 490 g/mol. The Morgan fingerprint density at radius 1 is 0.949 bits per heavy atom. The molecular formula is C29H33N9O. The Balaban J connectivity index is 1.32. The molecule has 6 heterocycles. The molecule has 1 saturated heterocycles.